The molecule has 0 fully saturated rings. The van der Waals surface area contributed by atoms with Crippen LogP contribution >= 0.6 is 23.2 Å². The largest absolute Gasteiger partial charge is 0.493 e. The molecule has 2 aromatic carbocycles. The smallest absolute Gasteiger partial charge is 0.251 e. The summed E-state index contributed by atoms with van der Waals surface area (Å²) in [5, 5.41) is 3.83. The second-order valence-electron chi connectivity index (χ2n) is 5.14. The number of ether oxygens (including phenoxy) is 2. The average molecular weight is 368 g/mol. The van der Waals surface area contributed by atoms with Gasteiger partial charge in [0.2, 0.25) is 0 Å². The molecular formula is C18H19Cl2NO3. The number of halogens is 2. The number of rotatable bonds is 6. The number of hydrogen-bond donors (Lipinski definition) is 1. The van der Waals surface area contributed by atoms with Crippen LogP contribution in [0.4, 0.5) is 0 Å². The summed E-state index contributed by atoms with van der Waals surface area (Å²) in [6.07, 6.45) is 0. The van der Waals surface area contributed by atoms with Crippen LogP contribution in [0.5, 0.6) is 11.5 Å². The Bertz CT molecular complexity index is 734. The minimum Gasteiger partial charge on any atom is -0.493 e. The maximum atomic E-state index is 12.5. The highest BCUT2D eigenvalue weighted by molar-refractivity contribution is 6.32. The Morgan fingerprint density at radius 2 is 1.92 bits per heavy atom. The third kappa shape index (κ3) is 4.13. The first-order chi connectivity index (χ1) is 11.5. The van der Waals surface area contributed by atoms with Gasteiger partial charge in [0.1, 0.15) is 0 Å². The second-order valence-corrected chi connectivity index (χ2v) is 5.95. The van der Waals surface area contributed by atoms with Crippen molar-refractivity contribution < 1.29 is 14.3 Å². The summed E-state index contributed by atoms with van der Waals surface area (Å²) >= 11 is 12.4. The van der Waals surface area contributed by atoms with Crippen molar-refractivity contribution in [2.24, 2.45) is 0 Å². The fourth-order valence-electron chi connectivity index (χ4n) is 2.32. The van der Waals surface area contributed by atoms with Gasteiger partial charge in [-0.25, -0.2) is 0 Å². The molecule has 128 valence electrons. The first-order valence-corrected chi connectivity index (χ1v) is 8.29. The lowest BCUT2D eigenvalue weighted by molar-refractivity contribution is 0.0939. The zero-order valence-corrected chi connectivity index (χ0v) is 15.2. The van der Waals surface area contributed by atoms with E-state index < -0.39 is 0 Å². The van der Waals surface area contributed by atoms with E-state index in [0.717, 1.165) is 5.56 Å². The fourth-order valence-corrected chi connectivity index (χ4v) is 2.88. The van der Waals surface area contributed by atoms with Crippen LogP contribution in [-0.4, -0.2) is 19.6 Å². The molecule has 4 nitrogen and oxygen atoms in total. The molecule has 2 aromatic rings. The van der Waals surface area contributed by atoms with Crippen molar-refractivity contribution in [1.82, 2.24) is 5.32 Å². The second kappa shape index (κ2) is 8.27. The Hall–Kier alpha value is -1.91. The van der Waals surface area contributed by atoms with Crippen LogP contribution < -0.4 is 14.8 Å². The standard InChI is InChI=1S/C18H19Cl2NO3/c1-4-24-17-15(20)9-12(10-16(17)23-3)18(22)21-11(2)13-7-5-6-8-14(13)19/h5-11H,4H2,1-3H3,(H,21,22). The summed E-state index contributed by atoms with van der Waals surface area (Å²) in [6.45, 7) is 4.17. The number of benzene rings is 2. The van der Waals surface area contributed by atoms with E-state index >= 15 is 0 Å². The van der Waals surface area contributed by atoms with Crippen molar-refractivity contribution in [3.63, 3.8) is 0 Å². The number of hydrogen-bond acceptors (Lipinski definition) is 3. The van der Waals surface area contributed by atoms with Crippen LogP contribution in [0.3, 0.4) is 0 Å². The molecule has 0 heterocycles. The van der Waals surface area contributed by atoms with Crippen molar-refractivity contribution in [1.29, 1.82) is 0 Å². The van der Waals surface area contributed by atoms with E-state index in [-0.39, 0.29) is 11.9 Å². The molecule has 0 aliphatic carbocycles. The highest BCUT2D eigenvalue weighted by Gasteiger charge is 2.18. The highest BCUT2D eigenvalue weighted by Crippen LogP contribution is 2.36. The van der Waals surface area contributed by atoms with E-state index in [2.05, 4.69) is 5.32 Å². The van der Waals surface area contributed by atoms with Crippen molar-refractivity contribution in [2.45, 2.75) is 19.9 Å². The quantitative estimate of drug-likeness (QED) is 0.790. The van der Waals surface area contributed by atoms with E-state index in [1.165, 1.54) is 7.11 Å². The summed E-state index contributed by atoms with van der Waals surface area (Å²) in [5.74, 6) is 0.572. The molecule has 1 atom stereocenters. The zero-order chi connectivity index (χ0) is 17.7. The molecule has 0 spiro atoms. The summed E-state index contributed by atoms with van der Waals surface area (Å²) in [5.41, 5.74) is 1.23. The number of methoxy groups -OCH3 is 1. The normalized spacial score (nSPS) is 11.7. The van der Waals surface area contributed by atoms with Crippen molar-refractivity contribution in [2.75, 3.05) is 13.7 Å². The SMILES string of the molecule is CCOc1c(Cl)cc(C(=O)NC(C)c2ccccc2Cl)cc1OC. The topological polar surface area (TPSA) is 47.6 Å². The lowest BCUT2D eigenvalue weighted by Gasteiger charge is -2.17. The van der Waals surface area contributed by atoms with Crippen LogP contribution in [-0.2, 0) is 0 Å². The lowest BCUT2D eigenvalue weighted by atomic mass is 10.1. The summed E-state index contributed by atoms with van der Waals surface area (Å²) < 4.78 is 10.7. The highest BCUT2D eigenvalue weighted by atomic mass is 35.5. The molecule has 0 saturated carbocycles. The van der Waals surface area contributed by atoms with Crippen LogP contribution in [0, 0.1) is 0 Å². The predicted molar refractivity (Wildman–Crippen MR) is 96.5 cm³/mol. The van der Waals surface area contributed by atoms with Gasteiger partial charge in [-0.2, -0.15) is 0 Å². The summed E-state index contributed by atoms with van der Waals surface area (Å²) in [4.78, 5) is 12.5. The minimum atomic E-state index is -0.273. The molecule has 1 amide bonds. The van der Waals surface area contributed by atoms with Crippen molar-refractivity contribution in [3.05, 3.63) is 57.6 Å². The van der Waals surface area contributed by atoms with Gasteiger partial charge in [-0.1, -0.05) is 41.4 Å². The first-order valence-electron chi connectivity index (χ1n) is 7.53. The van der Waals surface area contributed by atoms with Crippen LogP contribution in [0.25, 0.3) is 0 Å². The lowest BCUT2D eigenvalue weighted by Crippen LogP contribution is -2.26. The van der Waals surface area contributed by atoms with E-state index in [1.54, 1.807) is 18.2 Å². The van der Waals surface area contributed by atoms with Gasteiger partial charge >= 0.3 is 0 Å². The molecule has 2 rings (SSSR count). The van der Waals surface area contributed by atoms with E-state index in [0.29, 0.717) is 33.7 Å². The van der Waals surface area contributed by atoms with Gasteiger partial charge < -0.3 is 14.8 Å². The number of amides is 1. The zero-order valence-electron chi connectivity index (χ0n) is 13.7. The molecule has 1 N–H and O–H groups in total. The number of carbonyl (C=O) groups is 1. The molecule has 0 aliphatic rings. The van der Waals surface area contributed by atoms with Gasteiger partial charge in [-0.3, -0.25) is 4.79 Å². The van der Waals surface area contributed by atoms with Gasteiger partial charge in [0.15, 0.2) is 11.5 Å². The van der Waals surface area contributed by atoms with Crippen molar-refractivity contribution >= 4 is 29.1 Å². The summed E-state index contributed by atoms with van der Waals surface area (Å²) in [7, 11) is 1.50. The van der Waals surface area contributed by atoms with Gasteiger partial charge in [-0.15, -0.1) is 0 Å². The van der Waals surface area contributed by atoms with E-state index in [1.807, 2.05) is 32.0 Å². The molecule has 0 aliphatic heterocycles. The number of carbonyl (C=O) groups excluding carboxylic acids is 1. The molecule has 0 radical (unpaired) electrons. The predicted octanol–water partition coefficient (Wildman–Crippen LogP) is 4.89. The molecule has 0 aromatic heterocycles. The van der Waals surface area contributed by atoms with Crippen LogP contribution in [0.15, 0.2) is 36.4 Å². The van der Waals surface area contributed by atoms with E-state index in [9.17, 15) is 4.79 Å². The third-order valence-corrected chi connectivity index (χ3v) is 4.12. The molecule has 6 heteroatoms. The molecular weight excluding hydrogens is 349 g/mol. The van der Waals surface area contributed by atoms with Gasteiger partial charge in [0, 0.05) is 10.6 Å². The van der Waals surface area contributed by atoms with E-state index in [4.69, 9.17) is 32.7 Å². The van der Waals surface area contributed by atoms with Crippen molar-refractivity contribution in [3.8, 4) is 11.5 Å². The number of nitrogens with one attached hydrogen (secondary N) is 1. The molecule has 0 bridgehead atoms. The van der Waals surface area contributed by atoms with Crippen LogP contribution in [0.1, 0.15) is 35.8 Å². The Balaban J connectivity index is 2.24. The Morgan fingerprint density at radius 3 is 2.54 bits per heavy atom. The minimum absolute atomic E-state index is 0.248. The third-order valence-electron chi connectivity index (χ3n) is 3.50. The maximum Gasteiger partial charge on any atom is 0.251 e. The average Bonchev–Trinajstić information content (AvgIpc) is 2.56. The maximum absolute atomic E-state index is 12.5. The monoisotopic (exact) mass is 367 g/mol. The molecule has 1 unspecified atom stereocenters. The molecule has 24 heavy (non-hydrogen) atoms. The Labute approximate surface area is 151 Å². The van der Waals surface area contributed by atoms with Gasteiger partial charge in [0.25, 0.3) is 5.91 Å². The summed E-state index contributed by atoms with van der Waals surface area (Å²) in [6, 6.07) is 10.3. The van der Waals surface area contributed by atoms with Gasteiger partial charge in [-0.05, 0) is 37.6 Å². The fraction of sp³-hybridized carbons (Fsp3) is 0.278. The molecule has 0 saturated heterocycles. The van der Waals surface area contributed by atoms with Gasteiger partial charge in [0.05, 0.1) is 24.8 Å². The first kappa shape index (κ1) is 18.4. The Morgan fingerprint density at radius 1 is 1.21 bits per heavy atom. The Kier molecular flexibility index (Phi) is 6.35. The van der Waals surface area contributed by atoms with Crippen LogP contribution in [0.2, 0.25) is 10.0 Å².